The number of nitrogens with two attached hydrogens (primary N) is 1. The number of thiocarbonyl (C=S) groups is 1. The molecule has 1 aliphatic rings. The standard InChI is InChI=1S/C12H15N3O2S/c1-15(9-4-5-17-7-9)12(16)10-3-2-8(6-14-10)11(13)18/h2-3,6,9H,4-5,7H2,1H3,(H2,13,18). The molecule has 0 spiro atoms. The fourth-order valence-electron chi connectivity index (χ4n) is 1.84. The lowest BCUT2D eigenvalue weighted by Crippen LogP contribution is -2.37. The number of amides is 1. The van der Waals surface area contributed by atoms with Gasteiger partial charge in [-0.2, -0.15) is 0 Å². The second-order valence-corrected chi connectivity index (χ2v) is 4.67. The van der Waals surface area contributed by atoms with Crippen LogP contribution in [0.25, 0.3) is 0 Å². The van der Waals surface area contributed by atoms with Crippen LogP contribution in [0.5, 0.6) is 0 Å². The molecular weight excluding hydrogens is 250 g/mol. The number of rotatable bonds is 3. The summed E-state index contributed by atoms with van der Waals surface area (Å²) >= 11 is 4.84. The third kappa shape index (κ3) is 2.65. The zero-order chi connectivity index (χ0) is 13.1. The molecule has 1 aromatic rings. The van der Waals surface area contributed by atoms with E-state index in [1.165, 1.54) is 6.20 Å². The minimum Gasteiger partial charge on any atom is -0.389 e. The molecule has 0 aliphatic carbocycles. The monoisotopic (exact) mass is 265 g/mol. The summed E-state index contributed by atoms with van der Waals surface area (Å²) in [6.07, 6.45) is 2.39. The summed E-state index contributed by atoms with van der Waals surface area (Å²) in [5, 5.41) is 0. The third-order valence-electron chi connectivity index (χ3n) is 3.04. The van der Waals surface area contributed by atoms with Gasteiger partial charge in [0.05, 0.1) is 12.6 Å². The van der Waals surface area contributed by atoms with Crippen molar-refractivity contribution < 1.29 is 9.53 Å². The quantitative estimate of drug-likeness (QED) is 0.810. The number of carbonyl (C=O) groups is 1. The molecule has 1 amide bonds. The van der Waals surface area contributed by atoms with E-state index in [9.17, 15) is 4.79 Å². The first-order valence-corrected chi connectivity index (χ1v) is 6.11. The second kappa shape index (κ2) is 5.41. The van der Waals surface area contributed by atoms with Gasteiger partial charge in [-0.1, -0.05) is 12.2 Å². The molecule has 2 heterocycles. The molecule has 0 saturated carbocycles. The number of nitrogens with zero attached hydrogens (tertiary/aromatic N) is 2. The Kier molecular flexibility index (Phi) is 3.88. The summed E-state index contributed by atoms with van der Waals surface area (Å²) in [5.41, 5.74) is 6.53. The molecular formula is C12H15N3O2S. The smallest absolute Gasteiger partial charge is 0.272 e. The van der Waals surface area contributed by atoms with Gasteiger partial charge in [-0.15, -0.1) is 0 Å². The van der Waals surface area contributed by atoms with Crippen molar-refractivity contribution in [1.82, 2.24) is 9.88 Å². The van der Waals surface area contributed by atoms with Gasteiger partial charge in [0.25, 0.3) is 5.91 Å². The second-order valence-electron chi connectivity index (χ2n) is 4.23. The maximum Gasteiger partial charge on any atom is 0.272 e. The molecule has 0 radical (unpaired) electrons. The fraction of sp³-hybridized carbons (Fsp3) is 0.417. The molecule has 0 bridgehead atoms. The molecule has 1 aromatic heterocycles. The van der Waals surface area contributed by atoms with E-state index in [1.807, 2.05) is 0 Å². The van der Waals surface area contributed by atoms with Crippen LogP contribution in [0.1, 0.15) is 22.5 Å². The van der Waals surface area contributed by atoms with Crippen LogP contribution in [-0.4, -0.2) is 47.1 Å². The summed E-state index contributed by atoms with van der Waals surface area (Å²) < 4.78 is 5.27. The Balaban J connectivity index is 2.10. The molecule has 1 fully saturated rings. The maximum atomic E-state index is 12.2. The molecule has 2 rings (SSSR count). The van der Waals surface area contributed by atoms with E-state index in [1.54, 1.807) is 24.1 Å². The minimum absolute atomic E-state index is 0.111. The topological polar surface area (TPSA) is 68.5 Å². The van der Waals surface area contributed by atoms with Crippen LogP contribution in [0.3, 0.4) is 0 Å². The van der Waals surface area contributed by atoms with Crippen LogP contribution in [-0.2, 0) is 4.74 Å². The predicted molar refractivity (Wildman–Crippen MR) is 71.4 cm³/mol. The van der Waals surface area contributed by atoms with Gasteiger partial charge in [-0.25, -0.2) is 0 Å². The van der Waals surface area contributed by atoms with E-state index < -0.39 is 0 Å². The largest absolute Gasteiger partial charge is 0.389 e. The number of hydrogen-bond donors (Lipinski definition) is 1. The molecule has 2 N–H and O–H groups in total. The Bertz CT molecular complexity index is 455. The number of likely N-dealkylation sites (N-methyl/N-ethyl adjacent to an activating group) is 1. The van der Waals surface area contributed by atoms with Gasteiger partial charge in [0, 0.05) is 25.4 Å². The number of ether oxygens (including phenoxy) is 1. The van der Waals surface area contributed by atoms with Gasteiger partial charge >= 0.3 is 0 Å². The SMILES string of the molecule is CN(C(=O)c1ccc(C(N)=S)cn1)C1CCOC1. The Labute approximate surface area is 111 Å². The van der Waals surface area contributed by atoms with Gasteiger partial charge < -0.3 is 15.4 Å². The van der Waals surface area contributed by atoms with Crippen LogP contribution >= 0.6 is 12.2 Å². The highest BCUT2D eigenvalue weighted by Crippen LogP contribution is 2.13. The fourth-order valence-corrected chi connectivity index (χ4v) is 1.96. The van der Waals surface area contributed by atoms with Crippen LogP contribution in [0.4, 0.5) is 0 Å². The Hall–Kier alpha value is -1.53. The average Bonchev–Trinajstić information content (AvgIpc) is 2.91. The Morgan fingerprint density at radius 3 is 2.89 bits per heavy atom. The number of aromatic nitrogens is 1. The van der Waals surface area contributed by atoms with Crippen molar-refractivity contribution in [3.63, 3.8) is 0 Å². The lowest BCUT2D eigenvalue weighted by molar-refractivity contribution is 0.0705. The highest BCUT2D eigenvalue weighted by molar-refractivity contribution is 7.80. The summed E-state index contributed by atoms with van der Waals surface area (Å²) in [5.74, 6) is -0.111. The van der Waals surface area contributed by atoms with Gasteiger partial charge in [0.2, 0.25) is 0 Å². The molecule has 5 nitrogen and oxygen atoms in total. The van der Waals surface area contributed by atoms with Crippen molar-refractivity contribution in [2.45, 2.75) is 12.5 Å². The Morgan fingerprint density at radius 1 is 1.61 bits per heavy atom. The molecule has 96 valence electrons. The predicted octanol–water partition coefficient (Wildman–Crippen LogP) is 0.577. The van der Waals surface area contributed by atoms with E-state index in [2.05, 4.69) is 4.98 Å². The van der Waals surface area contributed by atoms with Crippen LogP contribution < -0.4 is 5.73 Å². The zero-order valence-corrected chi connectivity index (χ0v) is 10.9. The first-order valence-electron chi connectivity index (χ1n) is 5.70. The van der Waals surface area contributed by atoms with Crippen molar-refractivity contribution in [3.8, 4) is 0 Å². The van der Waals surface area contributed by atoms with Gasteiger partial charge in [-0.3, -0.25) is 9.78 Å². The molecule has 18 heavy (non-hydrogen) atoms. The van der Waals surface area contributed by atoms with E-state index in [-0.39, 0.29) is 16.9 Å². The van der Waals surface area contributed by atoms with Gasteiger partial charge in [0.1, 0.15) is 10.7 Å². The van der Waals surface area contributed by atoms with Crippen LogP contribution in [0.2, 0.25) is 0 Å². The number of hydrogen-bond acceptors (Lipinski definition) is 4. The van der Waals surface area contributed by atoms with E-state index in [0.29, 0.717) is 24.5 Å². The van der Waals surface area contributed by atoms with Crippen LogP contribution in [0, 0.1) is 0 Å². The molecule has 1 unspecified atom stereocenters. The van der Waals surface area contributed by atoms with Gasteiger partial charge in [0.15, 0.2) is 0 Å². The summed E-state index contributed by atoms with van der Waals surface area (Å²) in [6.45, 7) is 1.29. The normalized spacial score (nSPS) is 18.6. The van der Waals surface area contributed by atoms with Crippen LogP contribution in [0.15, 0.2) is 18.3 Å². The zero-order valence-electron chi connectivity index (χ0n) is 10.1. The van der Waals surface area contributed by atoms with Crippen molar-refractivity contribution in [2.24, 2.45) is 5.73 Å². The van der Waals surface area contributed by atoms with Crippen molar-refractivity contribution >= 4 is 23.1 Å². The molecule has 1 aliphatic heterocycles. The molecule has 0 aromatic carbocycles. The van der Waals surface area contributed by atoms with E-state index >= 15 is 0 Å². The first kappa shape index (κ1) is 12.9. The summed E-state index contributed by atoms with van der Waals surface area (Å²) in [6, 6.07) is 3.49. The molecule has 1 saturated heterocycles. The summed E-state index contributed by atoms with van der Waals surface area (Å²) in [7, 11) is 1.77. The lowest BCUT2D eigenvalue weighted by Gasteiger charge is -2.22. The van der Waals surface area contributed by atoms with Gasteiger partial charge in [-0.05, 0) is 18.6 Å². The minimum atomic E-state index is -0.111. The first-order chi connectivity index (χ1) is 8.59. The summed E-state index contributed by atoms with van der Waals surface area (Å²) in [4.78, 5) is 18.2. The van der Waals surface area contributed by atoms with Crippen molar-refractivity contribution in [3.05, 3.63) is 29.6 Å². The molecule has 1 atom stereocenters. The van der Waals surface area contributed by atoms with E-state index in [0.717, 1.165) is 6.42 Å². The van der Waals surface area contributed by atoms with E-state index in [4.69, 9.17) is 22.7 Å². The highest BCUT2D eigenvalue weighted by Gasteiger charge is 2.25. The van der Waals surface area contributed by atoms with Crippen molar-refractivity contribution in [1.29, 1.82) is 0 Å². The third-order valence-corrected chi connectivity index (χ3v) is 3.28. The molecule has 6 heteroatoms. The Morgan fingerprint density at radius 2 is 2.39 bits per heavy atom. The number of carbonyl (C=O) groups excluding carboxylic acids is 1. The maximum absolute atomic E-state index is 12.2. The average molecular weight is 265 g/mol. The van der Waals surface area contributed by atoms with Crippen molar-refractivity contribution in [2.75, 3.05) is 20.3 Å². The number of pyridine rings is 1. The highest BCUT2D eigenvalue weighted by atomic mass is 32.1. The lowest BCUT2D eigenvalue weighted by atomic mass is 10.2.